The highest BCUT2D eigenvalue weighted by Gasteiger charge is 2.18. The molecule has 0 radical (unpaired) electrons. The van der Waals surface area contributed by atoms with E-state index in [1.165, 1.54) is 4.90 Å². The van der Waals surface area contributed by atoms with Gasteiger partial charge in [0.25, 0.3) is 5.91 Å². The molecule has 23 heavy (non-hydrogen) atoms. The zero-order chi connectivity index (χ0) is 16.1. The van der Waals surface area contributed by atoms with E-state index in [4.69, 9.17) is 16.3 Å². The first-order valence-electron chi connectivity index (χ1n) is 7.09. The summed E-state index contributed by atoms with van der Waals surface area (Å²) in [5.41, 5.74) is 0.981. The van der Waals surface area contributed by atoms with Crippen molar-refractivity contribution in [2.75, 3.05) is 39.2 Å². The minimum absolute atomic E-state index is 0. The largest absolute Gasteiger partial charge is 0.378 e. The van der Waals surface area contributed by atoms with Crippen molar-refractivity contribution in [3.8, 4) is 0 Å². The number of rotatable bonds is 4. The monoisotopic (exact) mass is 361 g/mol. The molecule has 1 aliphatic heterocycles. The lowest BCUT2D eigenvalue weighted by Crippen LogP contribution is -2.43. The van der Waals surface area contributed by atoms with E-state index in [1.54, 1.807) is 32.3 Å². The molecule has 0 aliphatic carbocycles. The van der Waals surface area contributed by atoms with Gasteiger partial charge in [-0.25, -0.2) is 0 Å². The van der Waals surface area contributed by atoms with Crippen molar-refractivity contribution in [2.45, 2.75) is 12.5 Å². The van der Waals surface area contributed by atoms with Crippen molar-refractivity contribution in [3.63, 3.8) is 0 Å². The second-order valence-electron chi connectivity index (χ2n) is 5.37. The molecule has 1 atom stereocenters. The molecule has 2 rings (SSSR count). The Balaban J connectivity index is 0.00000264. The number of halogens is 2. The van der Waals surface area contributed by atoms with Crippen molar-refractivity contribution in [1.82, 2.24) is 10.2 Å². The summed E-state index contributed by atoms with van der Waals surface area (Å²) >= 11 is 6.11. The Kier molecular flexibility index (Phi) is 7.78. The number of morpholine rings is 1. The number of carbonyl (C=O) groups excluding carboxylic acids is 2. The fraction of sp³-hybridized carbons (Fsp3) is 0.467. The lowest BCUT2D eigenvalue weighted by Gasteiger charge is -2.23. The summed E-state index contributed by atoms with van der Waals surface area (Å²) in [5.74, 6) is -0.294. The third kappa shape index (κ3) is 5.66. The molecule has 1 heterocycles. The van der Waals surface area contributed by atoms with Crippen LogP contribution in [-0.4, -0.2) is 56.6 Å². The SMILES string of the molecule is CN(C)C(=O)c1ccc(NC(=O)CC2COCCN2)cc1Cl.Cl. The molecule has 1 unspecified atom stereocenters. The number of hydrogen-bond donors (Lipinski definition) is 2. The van der Waals surface area contributed by atoms with Gasteiger partial charge < -0.3 is 20.3 Å². The van der Waals surface area contributed by atoms with Crippen LogP contribution in [0, 0.1) is 0 Å². The summed E-state index contributed by atoms with van der Waals surface area (Å²) in [4.78, 5) is 25.3. The Morgan fingerprint density at radius 1 is 1.43 bits per heavy atom. The zero-order valence-electron chi connectivity index (χ0n) is 13.1. The maximum absolute atomic E-state index is 12.0. The highest BCUT2D eigenvalue weighted by molar-refractivity contribution is 6.34. The molecule has 1 fully saturated rings. The molecule has 2 amide bonds. The quantitative estimate of drug-likeness (QED) is 0.857. The molecule has 1 aromatic carbocycles. The Labute approximate surface area is 146 Å². The van der Waals surface area contributed by atoms with Gasteiger partial charge in [0.15, 0.2) is 0 Å². The van der Waals surface area contributed by atoms with Crippen LogP contribution in [0.5, 0.6) is 0 Å². The number of benzene rings is 1. The van der Waals surface area contributed by atoms with E-state index >= 15 is 0 Å². The minimum Gasteiger partial charge on any atom is -0.378 e. The Morgan fingerprint density at radius 3 is 2.74 bits per heavy atom. The van der Waals surface area contributed by atoms with Gasteiger partial charge in [-0.05, 0) is 18.2 Å². The predicted molar refractivity (Wildman–Crippen MR) is 92.6 cm³/mol. The summed E-state index contributed by atoms with van der Waals surface area (Å²) in [6, 6.07) is 4.90. The average Bonchev–Trinajstić information content (AvgIpc) is 2.47. The molecule has 0 aromatic heterocycles. The molecule has 8 heteroatoms. The van der Waals surface area contributed by atoms with E-state index in [2.05, 4.69) is 10.6 Å². The van der Waals surface area contributed by atoms with E-state index < -0.39 is 0 Å². The van der Waals surface area contributed by atoms with Crippen LogP contribution < -0.4 is 10.6 Å². The van der Waals surface area contributed by atoms with Gasteiger partial charge in [0.05, 0.1) is 23.8 Å². The van der Waals surface area contributed by atoms with Crippen molar-refractivity contribution >= 4 is 41.5 Å². The Morgan fingerprint density at radius 2 is 2.17 bits per heavy atom. The Bertz CT molecular complexity index is 561. The van der Waals surface area contributed by atoms with Crippen molar-refractivity contribution in [1.29, 1.82) is 0 Å². The second kappa shape index (κ2) is 9.08. The van der Waals surface area contributed by atoms with Crippen LogP contribution in [0.3, 0.4) is 0 Å². The molecule has 0 bridgehead atoms. The molecule has 1 aromatic rings. The van der Waals surface area contributed by atoms with E-state index in [1.807, 2.05) is 0 Å². The molecule has 1 saturated heterocycles. The third-order valence-electron chi connectivity index (χ3n) is 3.32. The molecule has 0 spiro atoms. The molecule has 2 N–H and O–H groups in total. The van der Waals surface area contributed by atoms with E-state index in [0.717, 1.165) is 6.54 Å². The van der Waals surface area contributed by atoms with Gasteiger partial charge in [-0.15, -0.1) is 12.4 Å². The van der Waals surface area contributed by atoms with Gasteiger partial charge in [-0.1, -0.05) is 11.6 Å². The predicted octanol–water partition coefficient (Wildman–Crippen LogP) is 1.78. The average molecular weight is 362 g/mol. The summed E-state index contributed by atoms with van der Waals surface area (Å²) in [6.07, 6.45) is 0.329. The molecule has 6 nitrogen and oxygen atoms in total. The maximum Gasteiger partial charge on any atom is 0.254 e. The molecule has 128 valence electrons. The number of nitrogens with zero attached hydrogens (tertiary/aromatic N) is 1. The van der Waals surface area contributed by atoms with Gasteiger partial charge in [-0.2, -0.15) is 0 Å². The first-order valence-corrected chi connectivity index (χ1v) is 7.47. The number of ether oxygens (including phenoxy) is 1. The summed E-state index contributed by atoms with van der Waals surface area (Å²) in [7, 11) is 3.32. The van der Waals surface area contributed by atoms with E-state index in [-0.39, 0.29) is 30.3 Å². The second-order valence-corrected chi connectivity index (χ2v) is 5.78. The highest BCUT2D eigenvalue weighted by Crippen LogP contribution is 2.22. The smallest absolute Gasteiger partial charge is 0.254 e. The van der Waals surface area contributed by atoms with Gasteiger partial charge in [-0.3, -0.25) is 9.59 Å². The number of hydrogen-bond acceptors (Lipinski definition) is 4. The van der Waals surface area contributed by atoms with Crippen LogP contribution in [-0.2, 0) is 9.53 Å². The topological polar surface area (TPSA) is 70.7 Å². The zero-order valence-corrected chi connectivity index (χ0v) is 14.7. The third-order valence-corrected chi connectivity index (χ3v) is 3.63. The van der Waals surface area contributed by atoms with Crippen molar-refractivity contribution in [2.24, 2.45) is 0 Å². The van der Waals surface area contributed by atoms with Gasteiger partial charge in [0, 0.05) is 38.8 Å². The van der Waals surface area contributed by atoms with Crippen LogP contribution in [0.1, 0.15) is 16.8 Å². The molecular weight excluding hydrogens is 341 g/mol. The standard InChI is InChI=1S/C15H20ClN3O3.ClH/c1-19(2)15(21)12-4-3-10(7-13(12)16)18-14(20)8-11-9-22-6-5-17-11;/h3-4,7,11,17H,5-6,8-9H2,1-2H3,(H,18,20);1H. The fourth-order valence-corrected chi connectivity index (χ4v) is 2.46. The lowest BCUT2D eigenvalue weighted by molar-refractivity contribution is -0.117. The molecule has 0 saturated carbocycles. The highest BCUT2D eigenvalue weighted by atomic mass is 35.5. The molecule has 1 aliphatic rings. The fourth-order valence-electron chi connectivity index (χ4n) is 2.19. The minimum atomic E-state index is -0.175. The number of amides is 2. The number of anilines is 1. The van der Waals surface area contributed by atoms with E-state index in [0.29, 0.717) is 35.9 Å². The van der Waals surface area contributed by atoms with Crippen LogP contribution in [0.2, 0.25) is 5.02 Å². The first kappa shape index (κ1) is 19.7. The van der Waals surface area contributed by atoms with E-state index in [9.17, 15) is 9.59 Å². The summed E-state index contributed by atoms with van der Waals surface area (Å²) < 4.78 is 5.31. The van der Waals surface area contributed by atoms with Gasteiger partial charge >= 0.3 is 0 Å². The van der Waals surface area contributed by atoms with Crippen LogP contribution in [0.15, 0.2) is 18.2 Å². The number of carbonyl (C=O) groups is 2. The Hall–Kier alpha value is -1.34. The lowest BCUT2D eigenvalue weighted by atomic mass is 10.1. The van der Waals surface area contributed by atoms with Gasteiger partial charge in [0.2, 0.25) is 5.91 Å². The summed E-state index contributed by atoms with van der Waals surface area (Å²) in [5, 5.41) is 6.32. The normalized spacial score (nSPS) is 17.1. The summed E-state index contributed by atoms with van der Waals surface area (Å²) in [6.45, 7) is 1.96. The van der Waals surface area contributed by atoms with Crippen LogP contribution in [0.4, 0.5) is 5.69 Å². The van der Waals surface area contributed by atoms with Crippen LogP contribution >= 0.6 is 24.0 Å². The van der Waals surface area contributed by atoms with Crippen LogP contribution in [0.25, 0.3) is 0 Å². The number of nitrogens with one attached hydrogen (secondary N) is 2. The van der Waals surface area contributed by atoms with Gasteiger partial charge in [0.1, 0.15) is 0 Å². The molecular formula is C15H21Cl2N3O3. The van der Waals surface area contributed by atoms with Crippen molar-refractivity contribution < 1.29 is 14.3 Å². The first-order chi connectivity index (χ1) is 10.5. The maximum atomic E-state index is 12.0. The van der Waals surface area contributed by atoms with Crippen molar-refractivity contribution in [3.05, 3.63) is 28.8 Å².